The van der Waals surface area contributed by atoms with Crippen molar-refractivity contribution in [3.8, 4) is 45.8 Å². The van der Waals surface area contributed by atoms with E-state index >= 15 is 8.42 Å². The smallest absolute Gasteiger partial charge is 0.407 e. The van der Waals surface area contributed by atoms with Gasteiger partial charge in [0, 0.05) is 31.7 Å². The van der Waals surface area contributed by atoms with Crippen molar-refractivity contribution in [3.63, 3.8) is 0 Å². The molecule has 2 aromatic heterocycles. The second-order valence-corrected chi connectivity index (χ2v) is 21.1. The second-order valence-electron chi connectivity index (χ2n) is 16.4. The Balaban J connectivity index is 1.45. The van der Waals surface area contributed by atoms with Gasteiger partial charge < -0.3 is 29.4 Å². The molecule has 360 valence electrons. The number of nitrogens with one attached hydrogen (secondary N) is 2. The van der Waals surface area contributed by atoms with Crippen LogP contribution in [0.25, 0.3) is 32.7 Å². The van der Waals surface area contributed by atoms with Crippen LogP contribution < -0.4 is 24.2 Å². The number of rotatable bonds is 19. The number of amides is 1. The molecule has 7 rings (SSSR count). The van der Waals surface area contributed by atoms with Gasteiger partial charge in [-0.3, -0.25) is 0 Å². The molecule has 7 aromatic rings. The number of fused-ring (bicyclic) bond motifs is 1. The predicted molar refractivity (Wildman–Crippen MR) is 257 cm³/mol. The number of aliphatic hydroxyl groups is 1. The molecular weight excluding hydrogens is 947 g/mol. The first kappa shape index (κ1) is 49.9. The Kier molecular flexibility index (Phi) is 15.3. The van der Waals surface area contributed by atoms with E-state index in [0.717, 1.165) is 27.3 Å². The molecule has 3 N–H and O–H groups in total. The fourth-order valence-corrected chi connectivity index (χ4v) is 11.4. The topological polar surface area (TPSA) is 250 Å². The minimum Gasteiger partial charge on any atom is -0.497 e. The SMILES string of the molecule is COc1ccc(CN(Cc2ccc(OC)cc2)S(=O)(=O)c2c(S(=O)(=O)NC[C@@H](O)CNC(=O)OC(C)(C)C)ccc(-c3cccc4sc(C#N)nc34)c2-c2nnn(Cc3ccc(OC)cc3)n2)cc1. The highest BCUT2D eigenvalue weighted by atomic mass is 32.2. The molecule has 0 fully saturated rings. The van der Waals surface area contributed by atoms with Crippen molar-refractivity contribution in [2.45, 2.75) is 61.9 Å². The van der Waals surface area contributed by atoms with Gasteiger partial charge in [-0.05, 0) is 96.8 Å². The molecule has 1 atom stereocenters. The van der Waals surface area contributed by atoms with Crippen molar-refractivity contribution in [1.82, 2.24) is 39.5 Å². The molecule has 0 saturated heterocycles. The van der Waals surface area contributed by atoms with Gasteiger partial charge in [-0.1, -0.05) is 54.6 Å². The number of hydrogen-bond acceptors (Lipinski definition) is 16. The lowest BCUT2D eigenvalue weighted by Crippen LogP contribution is -2.42. The van der Waals surface area contributed by atoms with Gasteiger partial charge >= 0.3 is 6.09 Å². The van der Waals surface area contributed by atoms with Crippen molar-refractivity contribution in [2.24, 2.45) is 0 Å². The lowest BCUT2D eigenvalue weighted by Gasteiger charge is -2.26. The largest absolute Gasteiger partial charge is 0.497 e. The van der Waals surface area contributed by atoms with E-state index in [9.17, 15) is 23.6 Å². The number of sulfonamides is 2. The normalized spacial score (nSPS) is 12.4. The monoisotopic (exact) mass is 995 g/mol. The molecule has 5 aromatic carbocycles. The number of alkyl carbamates (subject to hydrolysis) is 1. The van der Waals surface area contributed by atoms with Crippen molar-refractivity contribution in [1.29, 1.82) is 5.26 Å². The highest BCUT2D eigenvalue weighted by Crippen LogP contribution is 2.43. The number of tetrazole rings is 1. The van der Waals surface area contributed by atoms with Gasteiger partial charge in [0.15, 0.2) is 5.01 Å². The number of para-hydroxylation sites is 1. The number of carbonyl (C=O) groups excluding carboxylic acids is 1. The Labute approximate surface area is 403 Å². The molecule has 2 heterocycles. The maximum atomic E-state index is 16.1. The van der Waals surface area contributed by atoms with E-state index in [-0.39, 0.29) is 41.6 Å². The van der Waals surface area contributed by atoms with Crippen LogP contribution in [-0.2, 0) is 44.4 Å². The van der Waals surface area contributed by atoms with E-state index in [1.165, 1.54) is 25.1 Å². The summed E-state index contributed by atoms with van der Waals surface area (Å²) in [5, 5.41) is 36.7. The van der Waals surface area contributed by atoms with Crippen LogP contribution in [0.4, 0.5) is 4.79 Å². The number of aromatic nitrogens is 5. The summed E-state index contributed by atoms with van der Waals surface area (Å²) in [6, 6.07) is 30.4. The first-order valence-electron chi connectivity index (χ1n) is 21.2. The van der Waals surface area contributed by atoms with Gasteiger partial charge in [0.1, 0.15) is 38.7 Å². The van der Waals surface area contributed by atoms with Gasteiger partial charge in [0.2, 0.25) is 25.9 Å². The third kappa shape index (κ3) is 12.0. The fourth-order valence-electron chi connectivity index (χ4n) is 7.09. The summed E-state index contributed by atoms with van der Waals surface area (Å²) in [4.78, 5) is 16.8. The highest BCUT2D eigenvalue weighted by Gasteiger charge is 2.38. The summed E-state index contributed by atoms with van der Waals surface area (Å²) < 4.78 is 87.1. The minimum atomic E-state index is -5.02. The summed E-state index contributed by atoms with van der Waals surface area (Å²) in [7, 11) is -5.37. The maximum absolute atomic E-state index is 16.1. The molecule has 1 amide bonds. The van der Waals surface area contributed by atoms with E-state index < -0.39 is 60.7 Å². The zero-order valence-electron chi connectivity index (χ0n) is 38.4. The molecule has 0 radical (unpaired) electrons. The molecular formula is C47H49N9O10S3. The zero-order chi connectivity index (χ0) is 49.5. The standard InChI is InChI=1S/C47H49N9O10S3/c1-47(2,3)66-46(58)49-25-33(57)26-50-68(59,60)40-23-22-37(38-8-7-9-39-43(38)51-41(24-48)67-39)42(45-52-54-56(53-45)29-32-14-20-36(65-6)21-15-32)44(40)69(61,62)55(27-30-10-16-34(63-4)17-11-30)28-31-12-18-35(64-5)19-13-31/h7-23,33,50,57H,25-29H2,1-6H3,(H,49,58)/t33-/m0/s1. The van der Waals surface area contributed by atoms with Crippen molar-refractivity contribution in [3.05, 3.63) is 125 Å². The van der Waals surface area contributed by atoms with E-state index in [4.69, 9.17) is 18.9 Å². The molecule has 19 nitrogen and oxygen atoms in total. The number of nitrogens with zero attached hydrogens (tertiary/aromatic N) is 7. The molecule has 69 heavy (non-hydrogen) atoms. The minimum absolute atomic E-state index is 0.0808. The Bertz CT molecular complexity index is 3160. The first-order valence-corrected chi connectivity index (χ1v) is 24.9. The molecule has 0 spiro atoms. The third-order valence-electron chi connectivity index (χ3n) is 10.4. The van der Waals surface area contributed by atoms with Crippen LogP contribution in [0.2, 0.25) is 0 Å². The van der Waals surface area contributed by atoms with Crippen LogP contribution in [0.5, 0.6) is 17.2 Å². The summed E-state index contributed by atoms with van der Waals surface area (Å²) in [5.74, 6) is 1.42. The summed E-state index contributed by atoms with van der Waals surface area (Å²) in [6.07, 6.45) is -2.32. The lowest BCUT2D eigenvalue weighted by molar-refractivity contribution is 0.0494. The van der Waals surface area contributed by atoms with Crippen molar-refractivity contribution >= 4 is 47.7 Å². The zero-order valence-corrected chi connectivity index (χ0v) is 40.9. The molecule has 0 saturated carbocycles. The summed E-state index contributed by atoms with van der Waals surface area (Å²) in [5.41, 5.74) is 1.59. The summed E-state index contributed by atoms with van der Waals surface area (Å²) >= 11 is 1.13. The molecule has 0 bridgehead atoms. The van der Waals surface area contributed by atoms with Crippen LogP contribution >= 0.6 is 11.3 Å². The number of methoxy groups -OCH3 is 3. The third-order valence-corrected chi connectivity index (χ3v) is 14.8. The number of thiazole rings is 1. The van der Waals surface area contributed by atoms with E-state index in [1.54, 1.807) is 119 Å². The van der Waals surface area contributed by atoms with Gasteiger partial charge in [0.25, 0.3) is 0 Å². The summed E-state index contributed by atoms with van der Waals surface area (Å²) in [6.45, 7) is 3.50. The number of hydrogen-bond donors (Lipinski definition) is 3. The Morgan fingerprint density at radius 1 is 0.812 bits per heavy atom. The Morgan fingerprint density at radius 2 is 1.39 bits per heavy atom. The number of aliphatic hydroxyl groups excluding tert-OH is 1. The second kappa shape index (κ2) is 21.1. The molecule has 0 aliphatic heterocycles. The van der Waals surface area contributed by atoms with Crippen LogP contribution in [0, 0.1) is 11.3 Å². The van der Waals surface area contributed by atoms with Gasteiger partial charge in [-0.25, -0.2) is 31.3 Å². The van der Waals surface area contributed by atoms with Crippen molar-refractivity contribution < 1.29 is 45.7 Å². The Morgan fingerprint density at radius 3 is 1.94 bits per heavy atom. The maximum Gasteiger partial charge on any atom is 0.407 e. The highest BCUT2D eigenvalue weighted by molar-refractivity contribution is 7.92. The lowest BCUT2D eigenvalue weighted by atomic mass is 9.98. The number of carbonyl (C=O) groups is 1. The van der Waals surface area contributed by atoms with Gasteiger partial charge in [0.05, 0.1) is 49.8 Å². The average Bonchev–Trinajstić information content (AvgIpc) is 3.99. The number of nitriles is 1. The quantitative estimate of drug-likeness (QED) is 0.0826. The molecule has 0 aliphatic rings. The Hall–Kier alpha value is -7.00. The van der Waals surface area contributed by atoms with E-state index in [1.807, 2.05) is 0 Å². The fraction of sp³-hybridized carbons (Fsp3) is 0.277. The predicted octanol–water partition coefficient (Wildman–Crippen LogP) is 6.12. The van der Waals surface area contributed by atoms with Gasteiger partial charge in [-0.2, -0.15) is 14.4 Å². The van der Waals surface area contributed by atoms with E-state index in [2.05, 4.69) is 36.5 Å². The molecule has 0 aliphatic carbocycles. The van der Waals surface area contributed by atoms with E-state index in [0.29, 0.717) is 44.2 Å². The van der Waals surface area contributed by atoms with Crippen LogP contribution in [0.1, 0.15) is 42.5 Å². The van der Waals surface area contributed by atoms with Crippen LogP contribution in [0.3, 0.4) is 0 Å². The van der Waals surface area contributed by atoms with Gasteiger partial charge in [-0.15, -0.1) is 21.5 Å². The van der Waals surface area contributed by atoms with Crippen LogP contribution in [-0.4, -0.2) is 104 Å². The number of ether oxygens (including phenoxy) is 4. The molecule has 22 heteroatoms. The van der Waals surface area contributed by atoms with Crippen molar-refractivity contribution in [2.75, 3.05) is 34.4 Å². The average molecular weight is 996 g/mol. The first-order chi connectivity index (χ1) is 32.9. The van der Waals surface area contributed by atoms with Crippen LogP contribution in [0.15, 0.2) is 113 Å². The number of benzene rings is 5. The molecule has 0 unspecified atom stereocenters.